The van der Waals surface area contributed by atoms with Crippen molar-refractivity contribution in [2.45, 2.75) is 49.7 Å². The maximum Gasteiger partial charge on any atom is 0.410 e. The van der Waals surface area contributed by atoms with Crippen LogP contribution in [-0.4, -0.2) is 55.8 Å². The number of halogens is 1. The monoisotopic (exact) mass is 519 g/mol. The van der Waals surface area contributed by atoms with Gasteiger partial charge in [0.25, 0.3) is 5.91 Å². The Hall–Kier alpha value is -3.38. The van der Waals surface area contributed by atoms with Crippen molar-refractivity contribution in [1.82, 2.24) is 15.0 Å². The molecule has 2 aromatic rings. The molecule has 36 heavy (non-hydrogen) atoms. The van der Waals surface area contributed by atoms with Gasteiger partial charge >= 0.3 is 6.09 Å². The molecule has 194 valence electrons. The number of carboxylic acid groups (broad SMARTS) is 1. The Morgan fingerprint density at radius 3 is 2.61 bits per heavy atom. The number of aromatic nitrogens is 1. The molecule has 0 bridgehead atoms. The SMILES string of the molecule is COc1cnc(C(=O)Nc2ccc(F)c([C@@]3(C)N=C(NC(=O)O)C(C)(C)[SH]4(=O)NCC[C@@H]34)c2)c(C)c1. The number of ether oxygens (including phenoxy) is 1. The maximum atomic E-state index is 15.3. The molecule has 10 nitrogen and oxygen atoms in total. The molecule has 4 rings (SSSR count). The Morgan fingerprint density at radius 1 is 1.25 bits per heavy atom. The number of fused-ring (bicyclic) bond motifs is 1. The van der Waals surface area contributed by atoms with Gasteiger partial charge in [0.2, 0.25) is 0 Å². The lowest BCUT2D eigenvalue weighted by Crippen LogP contribution is -2.65. The van der Waals surface area contributed by atoms with Crippen LogP contribution in [0, 0.1) is 12.7 Å². The third-order valence-electron chi connectivity index (χ3n) is 7.11. The minimum absolute atomic E-state index is 0.00150. The fourth-order valence-corrected chi connectivity index (χ4v) is 8.76. The zero-order valence-corrected chi connectivity index (χ0v) is 21.6. The number of aryl methyl sites for hydroxylation is 1. The zero-order chi connectivity index (χ0) is 26.5. The summed E-state index contributed by atoms with van der Waals surface area (Å²) >= 11 is 0. The summed E-state index contributed by atoms with van der Waals surface area (Å²) in [6.07, 6.45) is 0.544. The van der Waals surface area contributed by atoms with Crippen molar-refractivity contribution in [3.05, 3.63) is 53.1 Å². The minimum atomic E-state index is -3.28. The number of benzene rings is 1. The lowest BCUT2D eigenvalue weighted by Gasteiger charge is -2.51. The van der Waals surface area contributed by atoms with Crippen molar-refractivity contribution >= 4 is 33.6 Å². The quantitative estimate of drug-likeness (QED) is 0.393. The van der Waals surface area contributed by atoms with E-state index in [-0.39, 0.29) is 17.1 Å². The number of anilines is 1. The van der Waals surface area contributed by atoms with Gasteiger partial charge in [-0.15, -0.1) is 0 Å². The number of methoxy groups -OCH3 is 1. The van der Waals surface area contributed by atoms with E-state index in [9.17, 15) is 18.9 Å². The van der Waals surface area contributed by atoms with E-state index in [1.807, 2.05) is 0 Å². The normalized spacial score (nSPS) is 24.7. The highest BCUT2D eigenvalue weighted by molar-refractivity contribution is 8.04. The van der Waals surface area contributed by atoms with Crippen LogP contribution < -0.4 is 20.1 Å². The highest BCUT2D eigenvalue weighted by atomic mass is 32.3. The Balaban J connectivity index is 1.77. The van der Waals surface area contributed by atoms with E-state index in [1.165, 1.54) is 31.5 Å². The summed E-state index contributed by atoms with van der Waals surface area (Å²) in [6, 6.07) is 5.75. The van der Waals surface area contributed by atoms with Crippen LogP contribution in [0.25, 0.3) is 0 Å². The average molecular weight is 520 g/mol. The molecule has 2 aliphatic heterocycles. The first kappa shape index (κ1) is 25.7. The topological polar surface area (TPSA) is 142 Å². The predicted molar refractivity (Wildman–Crippen MR) is 136 cm³/mol. The summed E-state index contributed by atoms with van der Waals surface area (Å²) in [5, 5.41) is 13.8. The number of nitrogens with zero attached hydrogens (tertiary/aromatic N) is 2. The van der Waals surface area contributed by atoms with Crippen molar-refractivity contribution in [2.24, 2.45) is 4.99 Å². The Kier molecular flexibility index (Phi) is 6.38. The molecule has 3 heterocycles. The third-order valence-corrected chi connectivity index (χ3v) is 11.3. The van der Waals surface area contributed by atoms with Crippen molar-refractivity contribution in [3.8, 4) is 5.75 Å². The molecule has 1 aromatic heterocycles. The first-order valence-corrected chi connectivity index (χ1v) is 13.2. The van der Waals surface area contributed by atoms with E-state index in [1.54, 1.807) is 33.8 Å². The number of aliphatic imine (C=N–C) groups is 1. The van der Waals surface area contributed by atoms with E-state index in [0.29, 0.717) is 30.0 Å². The van der Waals surface area contributed by atoms with Crippen LogP contribution in [0.4, 0.5) is 14.9 Å². The predicted octanol–water partition coefficient (Wildman–Crippen LogP) is 2.76. The van der Waals surface area contributed by atoms with Crippen LogP contribution in [0.5, 0.6) is 5.75 Å². The zero-order valence-electron chi connectivity index (χ0n) is 20.7. The molecule has 0 spiro atoms. The van der Waals surface area contributed by atoms with Gasteiger partial charge in [-0.3, -0.25) is 24.0 Å². The van der Waals surface area contributed by atoms with E-state index >= 15 is 4.39 Å². The Bertz CT molecular complexity index is 1330. The molecule has 1 aromatic carbocycles. The minimum Gasteiger partial charge on any atom is -0.495 e. The molecule has 0 saturated carbocycles. The second kappa shape index (κ2) is 8.93. The Labute approximate surface area is 209 Å². The van der Waals surface area contributed by atoms with Crippen LogP contribution in [0.3, 0.4) is 0 Å². The van der Waals surface area contributed by atoms with Crippen LogP contribution >= 0.6 is 0 Å². The number of amidine groups is 1. The Morgan fingerprint density at radius 2 is 1.97 bits per heavy atom. The van der Waals surface area contributed by atoms with E-state index < -0.39 is 43.5 Å². The smallest absolute Gasteiger partial charge is 0.410 e. The van der Waals surface area contributed by atoms with Gasteiger partial charge in [0, 0.05) is 17.8 Å². The molecule has 0 unspecified atom stereocenters. The summed E-state index contributed by atoms with van der Waals surface area (Å²) in [4.78, 5) is 33.2. The summed E-state index contributed by atoms with van der Waals surface area (Å²) in [5.74, 6) is -0.587. The lowest BCUT2D eigenvalue weighted by atomic mass is 9.85. The van der Waals surface area contributed by atoms with Gasteiger partial charge in [-0.05, 0) is 74.1 Å². The summed E-state index contributed by atoms with van der Waals surface area (Å²) in [5.41, 5.74) is -0.173. The number of nitrogens with one attached hydrogen (secondary N) is 3. The number of pyridine rings is 1. The summed E-state index contributed by atoms with van der Waals surface area (Å²) < 4.78 is 36.7. The second-order valence-electron chi connectivity index (χ2n) is 9.66. The van der Waals surface area contributed by atoms with Crippen molar-refractivity contribution in [3.63, 3.8) is 0 Å². The first-order chi connectivity index (χ1) is 16.8. The number of amides is 2. The molecule has 2 aliphatic rings. The number of hydrogen-bond acceptors (Lipinski definition) is 6. The van der Waals surface area contributed by atoms with E-state index in [0.717, 1.165) is 0 Å². The molecule has 0 radical (unpaired) electrons. The number of hydrogen-bond donors (Lipinski definition) is 5. The number of rotatable bonds is 4. The fraction of sp³-hybridized carbons (Fsp3) is 0.417. The van der Waals surface area contributed by atoms with Gasteiger partial charge in [0.15, 0.2) is 0 Å². The van der Waals surface area contributed by atoms with Crippen molar-refractivity contribution in [1.29, 1.82) is 0 Å². The molecular formula is C24H30FN5O5S. The van der Waals surface area contributed by atoms with Gasteiger partial charge < -0.3 is 15.2 Å². The number of carbonyl (C=O) groups excluding carboxylic acids is 1. The van der Waals surface area contributed by atoms with Crippen LogP contribution in [0.2, 0.25) is 0 Å². The average Bonchev–Trinajstić information content (AvgIpc) is 3.23. The lowest BCUT2D eigenvalue weighted by molar-refractivity contribution is 0.102. The van der Waals surface area contributed by atoms with Gasteiger partial charge in [-0.1, -0.05) is 0 Å². The molecule has 12 heteroatoms. The molecule has 0 aliphatic carbocycles. The second-order valence-corrected chi connectivity index (χ2v) is 13.0. The van der Waals surface area contributed by atoms with Crippen LogP contribution in [0.15, 0.2) is 35.5 Å². The van der Waals surface area contributed by atoms with E-state index in [2.05, 4.69) is 25.3 Å². The maximum absolute atomic E-state index is 15.3. The van der Waals surface area contributed by atoms with Gasteiger partial charge in [-0.25, -0.2) is 14.2 Å². The fourth-order valence-electron chi connectivity index (χ4n) is 5.08. The molecule has 2 amide bonds. The van der Waals surface area contributed by atoms with Crippen molar-refractivity contribution in [2.75, 3.05) is 19.0 Å². The van der Waals surface area contributed by atoms with Crippen LogP contribution in [-0.2, 0) is 15.7 Å². The highest BCUT2D eigenvalue weighted by Crippen LogP contribution is 2.49. The molecular weight excluding hydrogens is 489 g/mol. The van der Waals surface area contributed by atoms with Gasteiger partial charge in [-0.2, -0.15) is 0 Å². The largest absolute Gasteiger partial charge is 0.495 e. The van der Waals surface area contributed by atoms with E-state index in [4.69, 9.17) is 4.74 Å². The molecule has 1 fully saturated rings. The highest BCUT2D eigenvalue weighted by Gasteiger charge is 2.59. The van der Waals surface area contributed by atoms with Crippen molar-refractivity contribution < 1.29 is 28.0 Å². The number of carbonyl (C=O) groups is 2. The first-order valence-electron chi connectivity index (χ1n) is 11.4. The number of thiol groups is 1. The van der Waals surface area contributed by atoms with Gasteiger partial charge in [0.05, 0.1) is 23.3 Å². The molecule has 2 atom stereocenters. The standard InChI is InChI=1S/C24H30FN5O5S/c1-13-10-15(35-5)12-26-19(13)20(31)28-14-6-7-17(25)16(11-14)24(4)18-8-9-27-36(18,34)23(2,3)21(30-24)29-22(32)33/h6-7,10-12,18,36H,8-9H2,1-5H3,(H,27,34)(H,28,31)(H,29,30)(H,32,33)/t18-,24+/m0/s1. The van der Waals surface area contributed by atoms with Crippen LogP contribution in [0.1, 0.15) is 48.8 Å². The molecule has 4 N–H and O–H groups in total. The third kappa shape index (κ3) is 4.03. The molecule has 1 saturated heterocycles. The van der Waals surface area contributed by atoms with Gasteiger partial charge in [0.1, 0.15) is 28.6 Å². The summed E-state index contributed by atoms with van der Waals surface area (Å²) in [7, 11) is -1.78. The summed E-state index contributed by atoms with van der Waals surface area (Å²) in [6.45, 7) is 7.14.